The fourth-order valence-corrected chi connectivity index (χ4v) is 7.94. The van der Waals surface area contributed by atoms with E-state index in [1.807, 2.05) is 13.1 Å². The molecular weight excluding hydrogens is 502 g/mol. The largest absolute Gasteiger partial charge is 0.504 e. The fourth-order valence-electron chi connectivity index (χ4n) is 7.94. The number of aliphatic carboxylic acids is 2. The number of carbonyl (C=O) groups is 4. The van der Waals surface area contributed by atoms with E-state index in [1.165, 1.54) is 0 Å². The SMILES string of the molecule is CN1CC23Cc4ccc(O)c5c4[C@@]4(C2)[C@@H](O5)C(OC(=O)CCC(=O)O[C@@H](CC(=O)O)C(=O)O)=CC[C@@]4(O)[C@H]13. The van der Waals surface area contributed by atoms with Gasteiger partial charge in [0.25, 0.3) is 0 Å². The Labute approximate surface area is 216 Å². The van der Waals surface area contributed by atoms with E-state index in [-0.39, 0.29) is 35.1 Å². The first-order valence-corrected chi connectivity index (χ1v) is 12.4. The molecule has 2 aliphatic heterocycles. The molecule has 5 aliphatic rings. The van der Waals surface area contributed by atoms with Crippen LogP contribution in [0, 0.1) is 5.41 Å². The summed E-state index contributed by atoms with van der Waals surface area (Å²) >= 11 is 0. The topological polar surface area (TPSA) is 180 Å². The monoisotopic (exact) mass is 529 g/mol. The van der Waals surface area contributed by atoms with Gasteiger partial charge in [-0.25, -0.2) is 4.79 Å². The van der Waals surface area contributed by atoms with Crippen LogP contribution in [0.15, 0.2) is 24.0 Å². The zero-order valence-electron chi connectivity index (χ0n) is 20.5. The predicted octanol–water partition coefficient (Wildman–Crippen LogP) is 0.464. The molecule has 1 unspecified atom stereocenters. The third-order valence-corrected chi connectivity index (χ3v) is 8.88. The molecule has 3 aliphatic carbocycles. The summed E-state index contributed by atoms with van der Waals surface area (Å²) in [6, 6.07) is 3.32. The van der Waals surface area contributed by atoms with Crippen molar-refractivity contribution in [2.75, 3.05) is 13.6 Å². The number of ether oxygens (including phenoxy) is 3. The number of hydrogen-bond donors (Lipinski definition) is 4. The molecule has 202 valence electrons. The van der Waals surface area contributed by atoms with Crippen LogP contribution >= 0.6 is 0 Å². The summed E-state index contributed by atoms with van der Waals surface area (Å²) in [6.45, 7) is 0.806. The van der Waals surface area contributed by atoms with Gasteiger partial charge in [-0.2, -0.15) is 0 Å². The number of carbonyl (C=O) groups excluding carboxylic acids is 2. The summed E-state index contributed by atoms with van der Waals surface area (Å²) in [7, 11) is 1.98. The zero-order valence-corrected chi connectivity index (χ0v) is 20.5. The number of nitrogens with zero attached hydrogens (tertiary/aromatic N) is 1. The van der Waals surface area contributed by atoms with Gasteiger partial charge in [0, 0.05) is 30.0 Å². The molecule has 1 saturated carbocycles. The second kappa shape index (κ2) is 7.93. The van der Waals surface area contributed by atoms with Crippen molar-refractivity contribution < 1.29 is 53.8 Å². The molecule has 1 aromatic rings. The number of fused-ring (bicyclic) bond motifs is 1. The Hall–Kier alpha value is -3.64. The van der Waals surface area contributed by atoms with E-state index in [0.717, 1.165) is 24.1 Å². The molecule has 2 bridgehead atoms. The van der Waals surface area contributed by atoms with Crippen molar-refractivity contribution in [1.82, 2.24) is 4.90 Å². The van der Waals surface area contributed by atoms with Crippen molar-refractivity contribution >= 4 is 23.9 Å². The van der Waals surface area contributed by atoms with E-state index in [1.54, 1.807) is 12.1 Å². The van der Waals surface area contributed by atoms with Crippen LogP contribution < -0.4 is 4.74 Å². The average molecular weight is 529 g/mol. The Kier molecular flexibility index (Phi) is 5.15. The van der Waals surface area contributed by atoms with Crippen LogP contribution in [0.25, 0.3) is 0 Å². The molecule has 0 radical (unpaired) electrons. The highest BCUT2D eigenvalue weighted by Crippen LogP contribution is 2.75. The van der Waals surface area contributed by atoms with Gasteiger partial charge in [0.1, 0.15) is 5.76 Å². The number of benzene rings is 1. The number of rotatable bonds is 8. The van der Waals surface area contributed by atoms with E-state index in [2.05, 4.69) is 9.64 Å². The summed E-state index contributed by atoms with van der Waals surface area (Å²) in [4.78, 5) is 48.8. The standard InChI is InChI=1S/C26H27NO11/c1-27-11-24-9-12-2-3-13(28)20-19(12)25(10-24)21(38-20)14(6-7-26(25,35)23(24)27)36-17(31)4-5-18(32)37-15(22(33)34)8-16(29)30/h2-3,6,15,21,23,28,35H,4-5,7-11H2,1H3,(H,29,30)(H,33,34)/t15-,21-,23+,24?,25-,26+/m0/s1. The maximum atomic E-state index is 12.7. The van der Waals surface area contributed by atoms with E-state index < -0.39 is 66.4 Å². The van der Waals surface area contributed by atoms with Crippen LogP contribution in [0.5, 0.6) is 11.5 Å². The molecule has 0 amide bonds. The number of carboxylic acid groups (broad SMARTS) is 2. The molecule has 1 aromatic carbocycles. The Morgan fingerprint density at radius 1 is 1.18 bits per heavy atom. The lowest BCUT2D eigenvalue weighted by molar-refractivity contribution is -0.168. The first-order chi connectivity index (χ1) is 17.9. The number of esters is 2. The maximum Gasteiger partial charge on any atom is 0.345 e. The van der Waals surface area contributed by atoms with Crippen LogP contribution in [0.4, 0.5) is 0 Å². The molecule has 6 atom stereocenters. The van der Waals surface area contributed by atoms with Gasteiger partial charge in [-0.1, -0.05) is 6.07 Å². The second-order valence-corrected chi connectivity index (χ2v) is 11.1. The van der Waals surface area contributed by atoms with Gasteiger partial charge in [0.2, 0.25) is 6.10 Å². The molecule has 38 heavy (non-hydrogen) atoms. The van der Waals surface area contributed by atoms with Crippen molar-refractivity contribution in [3.63, 3.8) is 0 Å². The van der Waals surface area contributed by atoms with Crippen molar-refractivity contribution in [2.24, 2.45) is 5.41 Å². The molecule has 2 spiro atoms. The van der Waals surface area contributed by atoms with E-state index >= 15 is 0 Å². The summed E-state index contributed by atoms with van der Waals surface area (Å²) in [5.74, 6) is -4.49. The Morgan fingerprint density at radius 2 is 1.92 bits per heavy atom. The number of phenols is 1. The maximum absolute atomic E-state index is 12.7. The van der Waals surface area contributed by atoms with E-state index in [4.69, 9.17) is 19.7 Å². The van der Waals surface area contributed by atoms with E-state index in [9.17, 15) is 29.4 Å². The lowest BCUT2D eigenvalue weighted by Crippen LogP contribution is -2.70. The number of carboxylic acids is 2. The van der Waals surface area contributed by atoms with Crippen LogP contribution in [0.3, 0.4) is 0 Å². The molecule has 2 heterocycles. The number of aromatic hydroxyl groups is 1. The van der Waals surface area contributed by atoms with Crippen LogP contribution in [0.2, 0.25) is 0 Å². The van der Waals surface area contributed by atoms with Gasteiger partial charge in [0.05, 0.1) is 30.3 Å². The van der Waals surface area contributed by atoms with Crippen molar-refractivity contribution in [3.05, 3.63) is 35.1 Å². The summed E-state index contributed by atoms with van der Waals surface area (Å²) in [6.07, 6.45) is -1.40. The molecular formula is C26H27NO11. The predicted molar refractivity (Wildman–Crippen MR) is 124 cm³/mol. The van der Waals surface area contributed by atoms with E-state index in [0.29, 0.717) is 6.42 Å². The molecule has 1 saturated heterocycles. The molecule has 6 rings (SSSR count). The lowest BCUT2D eigenvalue weighted by Gasteiger charge is -2.56. The molecule has 12 nitrogen and oxygen atoms in total. The van der Waals surface area contributed by atoms with Crippen LogP contribution in [-0.2, 0) is 40.5 Å². The number of phenolic OH excluding ortho intramolecular Hbond substituents is 1. The van der Waals surface area contributed by atoms with Crippen molar-refractivity contribution in [2.45, 2.75) is 67.8 Å². The number of aliphatic hydroxyl groups is 1. The Bertz CT molecular complexity index is 1320. The highest BCUT2D eigenvalue weighted by Gasteiger charge is 2.82. The van der Waals surface area contributed by atoms with Gasteiger partial charge < -0.3 is 34.6 Å². The number of hydrogen-bond acceptors (Lipinski definition) is 10. The minimum Gasteiger partial charge on any atom is -0.504 e. The Balaban J connectivity index is 1.22. The second-order valence-electron chi connectivity index (χ2n) is 11.1. The first kappa shape index (κ1) is 24.7. The summed E-state index contributed by atoms with van der Waals surface area (Å²) in [5.41, 5.74) is -0.513. The van der Waals surface area contributed by atoms with Crippen LogP contribution in [0.1, 0.15) is 43.2 Å². The minimum atomic E-state index is -1.87. The van der Waals surface area contributed by atoms with Crippen molar-refractivity contribution in [1.29, 1.82) is 0 Å². The van der Waals surface area contributed by atoms with Gasteiger partial charge in [0.15, 0.2) is 17.6 Å². The van der Waals surface area contributed by atoms with Gasteiger partial charge >= 0.3 is 23.9 Å². The van der Waals surface area contributed by atoms with Crippen molar-refractivity contribution in [3.8, 4) is 11.5 Å². The molecule has 12 heteroatoms. The van der Waals surface area contributed by atoms with Crippen LogP contribution in [-0.4, -0.2) is 86.6 Å². The first-order valence-electron chi connectivity index (χ1n) is 12.4. The number of likely N-dealkylation sites (tertiary alicyclic amines) is 1. The normalized spacial score (nSPS) is 34.1. The minimum absolute atomic E-state index is 0.0544. The fraction of sp³-hybridized carbons (Fsp3) is 0.538. The summed E-state index contributed by atoms with van der Waals surface area (Å²) < 4.78 is 16.6. The third kappa shape index (κ3) is 3.10. The smallest absolute Gasteiger partial charge is 0.345 e. The van der Waals surface area contributed by atoms with Gasteiger partial charge in [-0.3, -0.25) is 19.3 Å². The summed E-state index contributed by atoms with van der Waals surface area (Å²) in [5, 5.41) is 40.7. The molecule has 4 N–H and O–H groups in total. The highest BCUT2D eigenvalue weighted by molar-refractivity contribution is 5.84. The number of likely N-dealkylation sites (N-methyl/N-ethyl adjacent to an activating group) is 1. The van der Waals surface area contributed by atoms with Gasteiger partial charge in [-0.15, -0.1) is 0 Å². The Morgan fingerprint density at radius 3 is 2.61 bits per heavy atom. The highest BCUT2D eigenvalue weighted by atomic mass is 16.6. The lowest BCUT2D eigenvalue weighted by atomic mass is 9.59. The average Bonchev–Trinajstić information content (AvgIpc) is 3.25. The zero-order chi connectivity index (χ0) is 27.2. The quantitative estimate of drug-likeness (QED) is 0.342. The van der Waals surface area contributed by atoms with Gasteiger partial charge in [-0.05, 0) is 37.6 Å². The molecule has 2 fully saturated rings. The third-order valence-electron chi connectivity index (χ3n) is 8.88. The molecule has 0 aromatic heterocycles.